The van der Waals surface area contributed by atoms with Crippen LogP contribution in [0, 0.1) is 11.8 Å². The molecule has 3 aromatic carbocycles. The smallest absolute Gasteiger partial charge is 0.313 e. The zero-order valence-corrected chi connectivity index (χ0v) is 31.8. The predicted octanol–water partition coefficient (Wildman–Crippen LogP) is 5.29. The van der Waals surface area contributed by atoms with Crippen molar-refractivity contribution in [3.05, 3.63) is 121 Å². The van der Waals surface area contributed by atoms with Crippen LogP contribution >= 0.6 is 0 Å². The normalized spacial score (nSPS) is 24.0. The maximum Gasteiger partial charge on any atom is 0.313 e. The molecule has 3 saturated heterocycles. The second-order valence-corrected chi connectivity index (χ2v) is 14.6. The molecule has 3 aromatic rings. The molecule has 55 heavy (non-hydrogen) atoms. The standard InChI is InChI=1S/C44H51N3O8/c1-6-8-19-36(49)45(4)29(3)39(31-17-13-10-14-18-31)54-43(52)37-35-24-25-44(55-35)38(37)41(50)47(33(28-48)27-30-15-11-9-12-16-30)40(44)42(51)46(26-7-2)32-20-22-34(53-5)23-21-32/h6-7,9-18,20-23,29,33,35,37-40,48H,1-2,8,19,24-28H2,3-5H3/t29-,33-,35+,37-,38-,39+,40+,44-/m1/s1. The van der Waals surface area contributed by atoms with Crippen molar-refractivity contribution in [1.29, 1.82) is 0 Å². The number of anilines is 1. The number of likely N-dealkylation sites (tertiary alicyclic amines) is 1. The van der Waals surface area contributed by atoms with Crippen LogP contribution in [0.5, 0.6) is 5.75 Å². The van der Waals surface area contributed by atoms with E-state index >= 15 is 9.59 Å². The van der Waals surface area contributed by atoms with Gasteiger partial charge in [-0.2, -0.15) is 0 Å². The molecule has 3 fully saturated rings. The number of ether oxygens (including phenoxy) is 3. The van der Waals surface area contributed by atoms with Crippen LogP contribution in [0.15, 0.2) is 110 Å². The quantitative estimate of drug-likeness (QED) is 0.146. The summed E-state index contributed by atoms with van der Waals surface area (Å²) in [5, 5.41) is 10.9. The number of esters is 1. The van der Waals surface area contributed by atoms with Crippen LogP contribution < -0.4 is 9.64 Å². The Labute approximate surface area is 323 Å². The number of rotatable bonds is 17. The molecule has 1 N–H and O–H groups in total. The molecule has 0 unspecified atom stereocenters. The third kappa shape index (κ3) is 7.55. The van der Waals surface area contributed by atoms with Gasteiger partial charge in [-0.3, -0.25) is 19.2 Å². The van der Waals surface area contributed by atoms with Crippen LogP contribution in [0.3, 0.4) is 0 Å². The SMILES string of the molecule is C=CCCC(=O)N(C)[C@H](C)[C@H](OC(=O)[C@@H]1[C@@H]2CC[C@]3(O2)[C@H](C(=O)N(CC=C)c2ccc(OC)cc2)N([C@@H](CO)Cc2ccccc2)C(=O)[C@@H]13)c1ccccc1. The van der Waals surface area contributed by atoms with Crippen LogP contribution in [0.4, 0.5) is 5.69 Å². The molecule has 6 rings (SSSR count). The number of aliphatic hydroxyl groups excluding tert-OH is 1. The maximum atomic E-state index is 15.1. The molecule has 3 aliphatic rings. The number of hydrogen-bond acceptors (Lipinski definition) is 8. The van der Waals surface area contributed by atoms with Crippen LogP contribution in [-0.2, 0) is 35.1 Å². The number of methoxy groups -OCH3 is 1. The van der Waals surface area contributed by atoms with E-state index in [2.05, 4.69) is 13.2 Å². The topological polar surface area (TPSA) is 126 Å². The average molecular weight is 750 g/mol. The van der Waals surface area contributed by atoms with E-state index in [9.17, 15) is 14.7 Å². The van der Waals surface area contributed by atoms with Crippen LogP contribution in [0.1, 0.15) is 49.8 Å². The van der Waals surface area contributed by atoms with Gasteiger partial charge >= 0.3 is 5.97 Å². The van der Waals surface area contributed by atoms with Gasteiger partial charge in [0.2, 0.25) is 11.8 Å². The summed E-state index contributed by atoms with van der Waals surface area (Å²) < 4.78 is 18.5. The van der Waals surface area contributed by atoms with Crippen LogP contribution in [0.2, 0.25) is 0 Å². The van der Waals surface area contributed by atoms with Gasteiger partial charge in [0.25, 0.3) is 5.91 Å². The lowest BCUT2D eigenvalue weighted by Gasteiger charge is -2.39. The number of fused-ring (bicyclic) bond motifs is 1. The lowest BCUT2D eigenvalue weighted by atomic mass is 9.70. The molecule has 8 atom stereocenters. The Kier molecular flexibility index (Phi) is 12.2. The van der Waals surface area contributed by atoms with Crippen molar-refractivity contribution in [2.24, 2.45) is 11.8 Å². The van der Waals surface area contributed by atoms with Crippen molar-refractivity contribution in [3.8, 4) is 5.75 Å². The van der Waals surface area contributed by atoms with E-state index in [-0.39, 0.29) is 25.3 Å². The number of carbonyl (C=O) groups excluding carboxylic acids is 4. The van der Waals surface area contributed by atoms with E-state index in [1.807, 2.05) is 67.6 Å². The van der Waals surface area contributed by atoms with Gasteiger partial charge in [-0.1, -0.05) is 72.8 Å². The van der Waals surface area contributed by atoms with Crippen molar-refractivity contribution in [2.75, 3.05) is 32.2 Å². The van der Waals surface area contributed by atoms with Crippen LogP contribution in [0.25, 0.3) is 0 Å². The minimum absolute atomic E-state index is 0.121. The van der Waals surface area contributed by atoms with Gasteiger partial charge in [-0.05, 0) is 68.0 Å². The predicted molar refractivity (Wildman–Crippen MR) is 208 cm³/mol. The monoisotopic (exact) mass is 749 g/mol. The Hall–Kier alpha value is -5.26. The molecule has 0 aromatic heterocycles. The summed E-state index contributed by atoms with van der Waals surface area (Å²) in [6.07, 6.45) is 3.61. The average Bonchev–Trinajstić information content (AvgIpc) is 3.87. The maximum absolute atomic E-state index is 15.1. The van der Waals surface area contributed by atoms with Gasteiger partial charge in [-0.25, -0.2) is 0 Å². The minimum Gasteiger partial charge on any atom is -0.497 e. The van der Waals surface area contributed by atoms with Crippen molar-refractivity contribution in [3.63, 3.8) is 0 Å². The Morgan fingerprint density at radius 2 is 1.69 bits per heavy atom. The van der Waals surface area contributed by atoms with Crippen LogP contribution in [-0.4, -0.2) is 95.7 Å². The fraction of sp³-hybridized carbons (Fsp3) is 0.409. The highest BCUT2D eigenvalue weighted by Crippen LogP contribution is 2.59. The molecule has 11 nitrogen and oxygen atoms in total. The van der Waals surface area contributed by atoms with Crippen molar-refractivity contribution < 1.29 is 38.5 Å². The van der Waals surface area contributed by atoms with Gasteiger partial charge in [0.05, 0.1) is 43.7 Å². The first-order chi connectivity index (χ1) is 26.6. The molecule has 1 spiro atoms. The molecule has 290 valence electrons. The highest BCUT2D eigenvalue weighted by Gasteiger charge is 2.75. The van der Waals surface area contributed by atoms with Crippen molar-refractivity contribution >= 4 is 29.4 Å². The summed E-state index contributed by atoms with van der Waals surface area (Å²) in [7, 11) is 3.24. The lowest BCUT2D eigenvalue weighted by Crippen LogP contribution is -2.59. The number of nitrogens with zero attached hydrogens (tertiary/aromatic N) is 3. The molecule has 3 heterocycles. The number of likely N-dealkylation sites (N-methyl/N-ethyl adjacent to an activating group) is 1. The minimum atomic E-state index is -1.36. The number of amides is 3. The highest BCUT2D eigenvalue weighted by atomic mass is 16.6. The number of carbonyl (C=O) groups is 4. The largest absolute Gasteiger partial charge is 0.497 e. The number of allylic oxidation sites excluding steroid dienone is 1. The summed E-state index contributed by atoms with van der Waals surface area (Å²) in [6.45, 7) is 9.17. The number of benzene rings is 3. The Balaban J connectivity index is 1.38. The fourth-order valence-electron chi connectivity index (χ4n) is 8.65. The number of hydrogen-bond donors (Lipinski definition) is 1. The zero-order chi connectivity index (χ0) is 39.3. The van der Waals surface area contributed by atoms with Gasteiger partial charge in [0.15, 0.2) is 0 Å². The van der Waals surface area contributed by atoms with E-state index in [1.54, 1.807) is 60.4 Å². The Morgan fingerprint density at radius 1 is 1.02 bits per heavy atom. The Morgan fingerprint density at radius 3 is 2.31 bits per heavy atom. The summed E-state index contributed by atoms with van der Waals surface area (Å²) in [5.41, 5.74) is 0.780. The third-order valence-electron chi connectivity index (χ3n) is 11.5. The van der Waals surface area contributed by atoms with E-state index in [0.717, 1.165) is 5.56 Å². The molecule has 11 heteroatoms. The first-order valence-corrected chi connectivity index (χ1v) is 18.9. The summed E-state index contributed by atoms with van der Waals surface area (Å²) >= 11 is 0. The Bertz CT molecular complexity index is 1850. The molecule has 0 aliphatic carbocycles. The highest BCUT2D eigenvalue weighted by molar-refractivity contribution is 6.05. The summed E-state index contributed by atoms with van der Waals surface area (Å²) in [4.78, 5) is 62.5. The van der Waals surface area contributed by atoms with Gasteiger partial charge < -0.3 is 34.0 Å². The van der Waals surface area contributed by atoms with E-state index in [4.69, 9.17) is 14.2 Å². The van der Waals surface area contributed by atoms with Gasteiger partial charge in [-0.15, -0.1) is 13.2 Å². The lowest BCUT2D eigenvalue weighted by molar-refractivity contribution is -0.165. The zero-order valence-electron chi connectivity index (χ0n) is 31.8. The van der Waals surface area contributed by atoms with Gasteiger partial charge in [0, 0.05) is 25.7 Å². The first-order valence-electron chi connectivity index (χ1n) is 18.9. The second-order valence-electron chi connectivity index (χ2n) is 14.6. The first kappa shape index (κ1) is 39.4. The fourth-order valence-corrected chi connectivity index (χ4v) is 8.65. The summed E-state index contributed by atoms with van der Waals surface area (Å²) in [6, 6.07) is 23.2. The van der Waals surface area contributed by atoms with Crippen molar-refractivity contribution in [1.82, 2.24) is 9.80 Å². The molecular weight excluding hydrogens is 698 g/mol. The molecule has 0 saturated carbocycles. The van der Waals surface area contributed by atoms with Crippen molar-refractivity contribution in [2.45, 2.75) is 75.0 Å². The second kappa shape index (κ2) is 17.0. The molecular formula is C44H51N3O8. The third-order valence-corrected chi connectivity index (χ3v) is 11.5. The summed E-state index contributed by atoms with van der Waals surface area (Å²) in [5.74, 6) is -3.05. The van der Waals surface area contributed by atoms with E-state index < -0.39 is 72.2 Å². The molecule has 3 amide bonds. The van der Waals surface area contributed by atoms with E-state index in [0.29, 0.717) is 36.3 Å². The molecule has 3 aliphatic heterocycles. The molecule has 0 radical (unpaired) electrons. The van der Waals surface area contributed by atoms with E-state index in [1.165, 1.54) is 4.90 Å². The van der Waals surface area contributed by atoms with Gasteiger partial charge in [0.1, 0.15) is 23.5 Å². The molecule has 2 bridgehead atoms. The number of aliphatic hydroxyl groups is 1.